The van der Waals surface area contributed by atoms with E-state index in [0.29, 0.717) is 0 Å². The van der Waals surface area contributed by atoms with Crippen molar-refractivity contribution in [1.82, 2.24) is 9.97 Å². The lowest BCUT2D eigenvalue weighted by molar-refractivity contribution is 0.0538. The fourth-order valence-corrected chi connectivity index (χ4v) is 1.70. The summed E-state index contributed by atoms with van der Waals surface area (Å²) in [5.41, 5.74) is -1.16. The van der Waals surface area contributed by atoms with E-state index in [1.54, 1.807) is 0 Å². The standard InChI is InChI=1S/C10H6Cl2N2O4/c11-9(12)18-8(16)4-2-1-3-5-6(4)7(15)14-10(17)13-5/h1-3,9H,(H2,13,14,15,17). The van der Waals surface area contributed by atoms with Gasteiger partial charge in [-0.2, -0.15) is 0 Å². The summed E-state index contributed by atoms with van der Waals surface area (Å²) < 4.78 is 4.58. The first kappa shape index (κ1) is 12.7. The molecule has 0 unspecified atom stereocenters. The Morgan fingerprint density at radius 1 is 1.22 bits per heavy atom. The summed E-state index contributed by atoms with van der Waals surface area (Å²) in [6.07, 6.45) is 0. The molecule has 0 fully saturated rings. The van der Waals surface area contributed by atoms with E-state index in [0.717, 1.165) is 0 Å². The minimum atomic E-state index is -1.34. The average Bonchev–Trinajstić information content (AvgIpc) is 2.26. The number of H-pyrrole nitrogens is 2. The van der Waals surface area contributed by atoms with E-state index in [1.807, 2.05) is 4.98 Å². The van der Waals surface area contributed by atoms with Crippen molar-refractivity contribution in [1.29, 1.82) is 0 Å². The Kier molecular flexibility index (Phi) is 3.40. The number of nitrogens with one attached hydrogen (secondary N) is 2. The second kappa shape index (κ2) is 4.83. The van der Waals surface area contributed by atoms with E-state index in [-0.39, 0.29) is 16.5 Å². The summed E-state index contributed by atoms with van der Waals surface area (Å²) in [7, 11) is 0. The minimum Gasteiger partial charge on any atom is -0.428 e. The summed E-state index contributed by atoms with van der Waals surface area (Å²) in [5, 5.41) is -1.33. The third kappa shape index (κ3) is 2.39. The largest absolute Gasteiger partial charge is 0.428 e. The number of hydrogen-bond acceptors (Lipinski definition) is 4. The topological polar surface area (TPSA) is 92.0 Å². The molecule has 0 amide bonds. The molecular weight excluding hydrogens is 283 g/mol. The van der Waals surface area contributed by atoms with Gasteiger partial charge in [-0.05, 0) is 12.1 Å². The van der Waals surface area contributed by atoms with Crippen LogP contribution in [-0.4, -0.2) is 21.0 Å². The highest BCUT2D eigenvalue weighted by atomic mass is 35.5. The van der Waals surface area contributed by atoms with Crippen molar-refractivity contribution < 1.29 is 9.53 Å². The van der Waals surface area contributed by atoms with Crippen LogP contribution in [-0.2, 0) is 4.74 Å². The van der Waals surface area contributed by atoms with Gasteiger partial charge in [0.05, 0.1) is 16.5 Å². The molecule has 2 aromatic rings. The second-order valence-corrected chi connectivity index (χ2v) is 4.32. The number of carbonyl (C=O) groups is 1. The maximum atomic E-state index is 11.7. The zero-order valence-electron chi connectivity index (χ0n) is 8.70. The van der Waals surface area contributed by atoms with Gasteiger partial charge in [-0.15, -0.1) is 0 Å². The lowest BCUT2D eigenvalue weighted by atomic mass is 10.1. The van der Waals surface area contributed by atoms with Gasteiger partial charge < -0.3 is 9.72 Å². The van der Waals surface area contributed by atoms with Crippen molar-refractivity contribution in [3.05, 3.63) is 44.6 Å². The van der Waals surface area contributed by atoms with E-state index >= 15 is 0 Å². The van der Waals surface area contributed by atoms with Crippen molar-refractivity contribution in [2.75, 3.05) is 0 Å². The highest BCUT2D eigenvalue weighted by Crippen LogP contribution is 2.15. The molecule has 2 rings (SSSR count). The Morgan fingerprint density at radius 2 is 1.94 bits per heavy atom. The first-order valence-electron chi connectivity index (χ1n) is 4.73. The summed E-state index contributed by atoms with van der Waals surface area (Å²) in [6, 6.07) is 4.35. The number of aromatic amines is 2. The number of carbonyl (C=O) groups excluding carboxylic acids is 1. The third-order valence-electron chi connectivity index (χ3n) is 2.18. The molecule has 94 valence electrons. The number of esters is 1. The zero-order chi connectivity index (χ0) is 13.3. The number of aromatic nitrogens is 2. The van der Waals surface area contributed by atoms with Crippen LogP contribution in [0.3, 0.4) is 0 Å². The van der Waals surface area contributed by atoms with Crippen molar-refractivity contribution in [3.63, 3.8) is 0 Å². The van der Waals surface area contributed by atoms with Crippen molar-refractivity contribution in [2.24, 2.45) is 0 Å². The monoisotopic (exact) mass is 288 g/mol. The number of halogens is 2. The molecule has 0 saturated carbocycles. The van der Waals surface area contributed by atoms with Crippen molar-refractivity contribution in [2.45, 2.75) is 5.02 Å². The molecule has 0 radical (unpaired) electrons. The third-order valence-corrected chi connectivity index (χ3v) is 2.36. The van der Waals surface area contributed by atoms with Crippen LogP contribution in [0.4, 0.5) is 0 Å². The summed E-state index contributed by atoms with van der Waals surface area (Å²) in [4.78, 5) is 38.8. The maximum absolute atomic E-state index is 11.7. The molecule has 1 heterocycles. The van der Waals surface area contributed by atoms with Gasteiger partial charge in [-0.3, -0.25) is 9.78 Å². The molecule has 0 aliphatic heterocycles. The Balaban J connectivity index is 2.69. The van der Waals surface area contributed by atoms with Gasteiger partial charge >= 0.3 is 11.7 Å². The number of ether oxygens (including phenoxy) is 1. The molecule has 6 nitrogen and oxygen atoms in total. The van der Waals surface area contributed by atoms with E-state index in [2.05, 4.69) is 9.72 Å². The van der Waals surface area contributed by atoms with Crippen LogP contribution in [0, 0.1) is 0 Å². The molecule has 18 heavy (non-hydrogen) atoms. The second-order valence-electron chi connectivity index (χ2n) is 3.30. The van der Waals surface area contributed by atoms with Crippen LogP contribution in [0.5, 0.6) is 0 Å². The lowest BCUT2D eigenvalue weighted by Gasteiger charge is -2.06. The average molecular weight is 289 g/mol. The molecule has 0 aliphatic carbocycles. The fraction of sp³-hybridized carbons (Fsp3) is 0.100. The van der Waals surface area contributed by atoms with E-state index in [9.17, 15) is 14.4 Å². The minimum absolute atomic E-state index is 0.0103. The highest BCUT2D eigenvalue weighted by Gasteiger charge is 2.16. The van der Waals surface area contributed by atoms with E-state index in [4.69, 9.17) is 23.2 Å². The SMILES string of the molecule is O=C(OC(Cl)Cl)c1cccc2[nH]c(=O)[nH]c(=O)c12. The lowest BCUT2D eigenvalue weighted by Crippen LogP contribution is -2.24. The summed E-state index contributed by atoms with van der Waals surface area (Å²) >= 11 is 10.6. The normalized spacial score (nSPS) is 10.8. The summed E-state index contributed by atoms with van der Waals surface area (Å²) in [6.45, 7) is 0. The summed E-state index contributed by atoms with van der Waals surface area (Å²) in [5.74, 6) is -0.854. The molecule has 1 aromatic carbocycles. The van der Waals surface area contributed by atoms with Gasteiger partial charge in [0, 0.05) is 0 Å². The zero-order valence-corrected chi connectivity index (χ0v) is 10.2. The van der Waals surface area contributed by atoms with Crippen molar-refractivity contribution in [3.8, 4) is 0 Å². The van der Waals surface area contributed by atoms with Crippen LogP contribution in [0.2, 0.25) is 0 Å². The Bertz CT molecular complexity index is 720. The quantitative estimate of drug-likeness (QED) is 0.640. The molecule has 2 N–H and O–H groups in total. The van der Waals surface area contributed by atoms with Gasteiger partial charge in [0.1, 0.15) is 0 Å². The van der Waals surface area contributed by atoms with Gasteiger partial charge in [0.15, 0.2) is 0 Å². The smallest absolute Gasteiger partial charge is 0.341 e. The van der Waals surface area contributed by atoms with Gasteiger partial charge in [0.25, 0.3) is 10.6 Å². The molecule has 8 heteroatoms. The van der Waals surface area contributed by atoms with E-state index < -0.39 is 22.2 Å². The molecule has 0 bridgehead atoms. The van der Waals surface area contributed by atoms with Crippen LogP contribution in [0.15, 0.2) is 27.8 Å². The molecule has 1 aromatic heterocycles. The van der Waals surface area contributed by atoms with Gasteiger partial charge in [-0.25, -0.2) is 9.59 Å². The van der Waals surface area contributed by atoms with E-state index in [1.165, 1.54) is 18.2 Å². The first-order valence-corrected chi connectivity index (χ1v) is 5.61. The number of fused-ring (bicyclic) bond motifs is 1. The Labute approximate surface area is 109 Å². The van der Waals surface area contributed by atoms with Crippen LogP contribution < -0.4 is 11.2 Å². The Morgan fingerprint density at radius 3 is 2.61 bits per heavy atom. The predicted octanol–water partition coefficient (Wildman–Crippen LogP) is 1.13. The highest BCUT2D eigenvalue weighted by molar-refractivity contribution is 6.43. The van der Waals surface area contributed by atoms with Gasteiger partial charge in [0.2, 0.25) is 0 Å². The Hall–Kier alpha value is -1.79. The van der Waals surface area contributed by atoms with Crippen molar-refractivity contribution >= 4 is 40.1 Å². The van der Waals surface area contributed by atoms with Crippen LogP contribution in [0.1, 0.15) is 10.4 Å². The molecule has 0 saturated heterocycles. The molecular formula is C10H6Cl2N2O4. The number of alkyl halides is 2. The molecule has 0 atom stereocenters. The number of rotatable bonds is 2. The number of benzene rings is 1. The molecule has 0 spiro atoms. The predicted molar refractivity (Wildman–Crippen MR) is 66.1 cm³/mol. The van der Waals surface area contributed by atoms with Crippen LogP contribution >= 0.6 is 23.2 Å². The maximum Gasteiger partial charge on any atom is 0.341 e. The molecule has 0 aliphatic rings. The first-order chi connectivity index (χ1) is 8.49. The fourth-order valence-electron chi connectivity index (χ4n) is 1.53. The van der Waals surface area contributed by atoms with Crippen LogP contribution in [0.25, 0.3) is 10.9 Å². The van der Waals surface area contributed by atoms with Gasteiger partial charge in [-0.1, -0.05) is 29.3 Å². The number of hydrogen-bond donors (Lipinski definition) is 2.